The van der Waals surface area contributed by atoms with Crippen LogP contribution in [-0.4, -0.2) is 32.0 Å². The number of carbonyl (C=O) groups is 1. The third-order valence-electron chi connectivity index (χ3n) is 2.67. The SMILES string of the molecule is C=CCNC(=NC)NCC(=O)Nc1cccc(CC)c1. The number of hydrogen-bond donors (Lipinski definition) is 3. The van der Waals surface area contributed by atoms with Crippen LogP contribution in [0.25, 0.3) is 0 Å². The molecule has 0 aliphatic rings. The van der Waals surface area contributed by atoms with Crippen LogP contribution in [0.4, 0.5) is 5.69 Å². The summed E-state index contributed by atoms with van der Waals surface area (Å²) >= 11 is 0. The van der Waals surface area contributed by atoms with Crippen molar-refractivity contribution in [3.05, 3.63) is 42.5 Å². The number of aryl methyl sites for hydroxylation is 1. The van der Waals surface area contributed by atoms with Crippen LogP contribution >= 0.6 is 0 Å². The summed E-state index contributed by atoms with van der Waals surface area (Å²) in [6.07, 6.45) is 2.67. The van der Waals surface area contributed by atoms with E-state index in [-0.39, 0.29) is 12.5 Å². The summed E-state index contributed by atoms with van der Waals surface area (Å²) < 4.78 is 0. The lowest BCUT2D eigenvalue weighted by Crippen LogP contribution is -2.41. The zero-order valence-electron chi connectivity index (χ0n) is 12.1. The van der Waals surface area contributed by atoms with Crippen LogP contribution < -0.4 is 16.0 Å². The molecule has 1 aromatic rings. The Hall–Kier alpha value is -2.30. The van der Waals surface area contributed by atoms with Crippen molar-refractivity contribution in [2.24, 2.45) is 4.99 Å². The highest BCUT2D eigenvalue weighted by molar-refractivity contribution is 5.95. The monoisotopic (exact) mass is 274 g/mol. The van der Waals surface area contributed by atoms with Crippen molar-refractivity contribution >= 4 is 17.6 Å². The second kappa shape index (κ2) is 8.74. The minimum atomic E-state index is -0.111. The Labute approximate surface area is 120 Å². The van der Waals surface area contributed by atoms with E-state index in [0.29, 0.717) is 12.5 Å². The molecule has 3 N–H and O–H groups in total. The van der Waals surface area contributed by atoms with Crippen LogP contribution in [0.5, 0.6) is 0 Å². The van der Waals surface area contributed by atoms with E-state index in [4.69, 9.17) is 0 Å². The van der Waals surface area contributed by atoms with Crippen LogP contribution in [-0.2, 0) is 11.2 Å². The van der Waals surface area contributed by atoms with Gasteiger partial charge in [-0.25, -0.2) is 0 Å². The Morgan fingerprint density at radius 3 is 2.85 bits per heavy atom. The summed E-state index contributed by atoms with van der Waals surface area (Å²) in [4.78, 5) is 15.8. The number of carbonyl (C=O) groups excluding carboxylic acids is 1. The predicted octanol–water partition coefficient (Wildman–Crippen LogP) is 1.54. The molecule has 0 radical (unpaired) electrons. The van der Waals surface area contributed by atoms with Gasteiger partial charge in [0.1, 0.15) is 0 Å². The standard InChI is InChI=1S/C15H22N4O/c1-4-9-17-15(16-3)18-11-14(20)19-13-8-6-7-12(5-2)10-13/h4,6-8,10H,1,5,9,11H2,2-3H3,(H,19,20)(H2,16,17,18). The molecule has 1 aromatic carbocycles. The number of benzene rings is 1. The van der Waals surface area contributed by atoms with Gasteiger partial charge in [-0.3, -0.25) is 9.79 Å². The Bertz CT molecular complexity index is 483. The highest BCUT2D eigenvalue weighted by atomic mass is 16.1. The van der Waals surface area contributed by atoms with E-state index in [9.17, 15) is 4.79 Å². The molecule has 5 heteroatoms. The molecule has 0 fully saturated rings. The second-order valence-corrected chi connectivity index (χ2v) is 4.20. The van der Waals surface area contributed by atoms with E-state index >= 15 is 0 Å². The van der Waals surface area contributed by atoms with E-state index in [2.05, 4.69) is 34.4 Å². The number of nitrogens with zero attached hydrogens (tertiary/aromatic N) is 1. The van der Waals surface area contributed by atoms with Gasteiger partial charge in [0.2, 0.25) is 5.91 Å². The molecule has 1 amide bonds. The van der Waals surface area contributed by atoms with Gasteiger partial charge in [-0.05, 0) is 24.1 Å². The van der Waals surface area contributed by atoms with Crippen LogP contribution in [0, 0.1) is 0 Å². The first-order chi connectivity index (χ1) is 9.69. The van der Waals surface area contributed by atoms with Gasteiger partial charge in [0.25, 0.3) is 0 Å². The van der Waals surface area contributed by atoms with Gasteiger partial charge < -0.3 is 16.0 Å². The van der Waals surface area contributed by atoms with Gasteiger partial charge in [-0.15, -0.1) is 6.58 Å². The zero-order valence-corrected chi connectivity index (χ0v) is 12.1. The van der Waals surface area contributed by atoms with E-state index < -0.39 is 0 Å². The topological polar surface area (TPSA) is 65.5 Å². The maximum Gasteiger partial charge on any atom is 0.243 e. The summed E-state index contributed by atoms with van der Waals surface area (Å²) in [6.45, 7) is 6.45. The maximum atomic E-state index is 11.8. The number of amides is 1. The van der Waals surface area contributed by atoms with E-state index in [1.54, 1.807) is 13.1 Å². The largest absolute Gasteiger partial charge is 0.353 e. The fourth-order valence-electron chi connectivity index (χ4n) is 1.63. The Morgan fingerprint density at radius 1 is 1.40 bits per heavy atom. The predicted molar refractivity (Wildman–Crippen MR) is 84.0 cm³/mol. The van der Waals surface area contributed by atoms with Crippen LogP contribution in [0.15, 0.2) is 41.9 Å². The average molecular weight is 274 g/mol. The fourth-order valence-corrected chi connectivity index (χ4v) is 1.63. The van der Waals surface area contributed by atoms with Crippen molar-refractivity contribution in [1.29, 1.82) is 0 Å². The van der Waals surface area contributed by atoms with Crippen LogP contribution in [0.1, 0.15) is 12.5 Å². The molecule has 0 unspecified atom stereocenters. The molecule has 0 heterocycles. The first-order valence-electron chi connectivity index (χ1n) is 6.63. The summed E-state index contributed by atoms with van der Waals surface area (Å²) in [5, 5.41) is 8.78. The van der Waals surface area contributed by atoms with E-state index in [1.807, 2.05) is 24.3 Å². The summed E-state index contributed by atoms with van der Waals surface area (Å²) in [5.74, 6) is 0.460. The van der Waals surface area contributed by atoms with Gasteiger partial charge in [-0.1, -0.05) is 25.1 Å². The minimum Gasteiger partial charge on any atom is -0.353 e. The lowest BCUT2D eigenvalue weighted by atomic mass is 10.1. The molecule has 0 aliphatic carbocycles. The number of rotatable bonds is 6. The van der Waals surface area contributed by atoms with Crippen molar-refractivity contribution in [2.45, 2.75) is 13.3 Å². The third-order valence-corrected chi connectivity index (χ3v) is 2.67. The molecule has 1 rings (SSSR count). The summed E-state index contributed by atoms with van der Waals surface area (Å²) in [7, 11) is 1.65. The molecule has 0 bridgehead atoms. The highest BCUT2D eigenvalue weighted by Crippen LogP contribution is 2.10. The molecular weight excluding hydrogens is 252 g/mol. The molecular formula is C15H22N4O. The number of anilines is 1. The molecule has 5 nitrogen and oxygen atoms in total. The van der Waals surface area contributed by atoms with E-state index in [1.165, 1.54) is 5.56 Å². The molecule has 0 aliphatic heterocycles. The Morgan fingerprint density at radius 2 is 2.20 bits per heavy atom. The molecule has 0 saturated heterocycles. The molecule has 0 aromatic heterocycles. The molecule has 108 valence electrons. The number of aliphatic imine (C=N–C) groups is 1. The molecule has 0 saturated carbocycles. The van der Waals surface area contributed by atoms with Crippen molar-refractivity contribution in [3.63, 3.8) is 0 Å². The normalized spacial score (nSPS) is 10.8. The van der Waals surface area contributed by atoms with Crippen LogP contribution in [0.3, 0.4) is 0 Å². The van der Waals surface area contributed by atoms with Crippen molar-refractivity contribution in [3.8, 4) is 0 Å². The first-order valence-corrected chi connectivity index (χ1v) is 6.63. The van der Waals surface area contributed by atoms with Crippen molar-refractivity contribution in [1.82, 2.24) is 10.6 Å². The van der Waals surface area contributed by atoms with Gasteiger partial charge in [0.05, 0.1) is 6.54 Å². The van der Waals surface area contributed by atoms with Crippen molar-refractivity contribution in [2.75, 3.05) is 25.5 Å². The van der Waals surface area contributed by atoms with Gasteiger partial charge in [0.15, 0.2) is 5.96 Å². The zero-order chi connectivity index (χ0) is 14.8. The quantitative estimate of drug-likeness (QED) is 0.419. The average Bonchev–Trinajstić information content (AvgIpc) is 2.47. The van der Waals surface area contributed by atoms with Gasteiger partial charge >= 0.3 is 0 Å². The molecule has 20 heavy (non-hydrogen) atoms. The van der Waals surface area contributed by atoms with Gasteiger partial charge in [0, 0.05) is 19.3 Å². The molecule has 0 atom stereocenters. The van der Waals surface area contributed by atoms with E-state index in [0.717, 1.165) is 12.1 Å². The lowest BCUT2D eigenvalue weighted by Gasteiger charge is -2.11. The smallest absolute Gasteiger partial charge is 0.243 e. The molecule has 0 spiro atoms. The fraction of sp³-hybridized carbons (Fsp3) is 0.333. The van der Waals surface area contributed by atoms with Crippen LogP contribution in [0.2, 0.25) is 0 Å². The number of guanidine groups is 1. The Kier molecular flexibility index (Phi) is 6.89. The Balaban J connectivity index is 2.44. The van der Waals surface area contributed by atoms with Crippen molar-refractivity contribution < 1.29 is 4.79 Å². The number of nitrogens with one attached hydrogen (secondary N) is 3. The lowest BCUT2D eigenvalue weighted by molar-refractivity contribution is -0.115. The summed E-state index contributed by atoms with van der Waals surface area (Å²) in [5.41, 5.74) is 2.00. The number of hydrogen-bond acceptors (Lipinski definition) is 2. The minimum absolute atomic E-state index is 0.111. The first kappa shape index (κ1) is 15.8. The second-order valence-electron chi connectivity index (χ2n) is 4.20. The highest BCUT2D eigenvalue weighted by Gasteiger charge is 2.04. The summed E-state index contributed by atoms with van der Waals surface area (Å²) in [6, 6.07) is 7.83. The maximum absolute atomic E-state index is 11.8. The third kappa shape index (κ3) is 5.56. The van der Waals surface area contributed by atoms with Gasteiger partial charge in [-0.2, -0.15) is 0 Å².